The summed E-state index contributed by atoms with van der Waals surface area (Å²) in [7, 11) is 0. The molecule has 4 atom stereocenters. The maximum absolute atomic E-state index is 15.3. The fourth-order valence-electron chi connectivity index (χ4n) is 5.17. The first-order valence-electron chi connectivity index (χ1n) is 11.4. The lowest BCUT2D eigenvalue weighted by molar-refractivity contribution is -0.192. The summed E-state index contributed by atoms with van der Waals surface area (Å²) in [4.78, 5) is 34.9. The summed E-state index contributed by atoms with van der Waals surface area (Å²) in [5.41, 5.74) is -1.81. The summed E-state index contributed by atoms with van der Waals surface area (Å²) in [6.07, 6.45) is -4.72. The molecule has 1 saturated heterocycles. The smallest absolute Gasteiger partial charge is 0.480 e. The highest BCUT2D eigenvalue weighted by Crippen LogP contribution is 2.57. The first-order chi connectivity index (χ1) is 17.8. The average molecular weight is 597 g/mol. The van der Waals surface area contributed by atoms with Crippen molar-refractivity contribution in [3.05, 3.63) is 63.1 Å². The average Bonchev–Trinajstić information content (AvgIpc) is 3.28. The lowest BCUT2D eigenvalue weighted by Gasteiger charge is -2.37. The van der Waals surface area contributed by atoms with Crippen molar-refractivity contribution in [2.24, 2.45) is 5.41 Å². The fourth-order valence-corrected chi connectivity index (χ4v) is 5.51. The van der Waals surface area contributed by atoms with Gasteiger partial charge in [-0.3, -0.25) is 14.9 Å². The Hall–Kier alpha value is -2.96. The van der Waals surface area contributed by atoms with Gasteiger partial charge in [-0.15, -0.1) is 0 Å². The molecule has 2 heterocycles. The first-order valence-corrected chi connectivity index (χ1v) is 12.1. The summed E-state index contributed by atoms with van der Waals surface area (Å²) in [6.45, 7) is 5.84. The summed E-state index contributed by atoms with van der Waals surface area (Å²) in [5.74, 6) is -7.42. The topological polar surface area (TPSA) is 116 Å². The second-order valence-corrected chi connectivity index (χ2v) is 11.1. The monoisotopic (exact) mass is 596 g/mol. The van der Waals surface area contributed by atoms with E-state index in [1.165, 1.54) is 30.3 Å². The van der Waals surface area contributed by atoms with Gasteiger partial charge in [-0.05, 0) is 35.1 Å². The fraction of sp³-hybridized carbons (Fsp3) is 0.400. The maximum Gasteiger partial charge on any atom is 0.490 e. The third kappa shape index (κ3) is 5.55. The molecule has 2 aliphatic heterocycles. The quantitative estimate of drug-likeness (QED) is 0.336. The number of alkyl halides is 3. The number of fused-ring (bicyclic) bond motifs is 2. The second-order valence-electron chi connectivity index (χ2n) is 10.3. The zero-order valence-corrected chi connectivity index (χ0v) is 22.1. The Morgan fingerprint density at radius 1 is 1.00 bits per heavy atom. The van der Waals surface area contributed by atoms with Crippen LogP contribution in [0.25, 0.3) is 0 Å². The third-order valence-corrected chi connectivity index (χ3v) is 7.13. The Kier molecular flexibility index (Phi) is 8.27. The third-order valence-electron chi connectivity index (χ3n) is 6.55. The molecule has 212 valence electrons. The number of amides is 1. The van der Waals surface area contributed by atoms with Gasteiger partial charge in [0, 0.05) is 12.0 Å². The zero-order chi connectivity index (χ0) is 29.7. The SMILES string of the molecule is CC(C)(C)C[C@@H]1N[C@@H](C(=O)O)[C@@H](c2cccc(Cl)c2F)C12C(=O)Nc1c2ccc(Cl)c1F.O=C(O)C(F)(F)F. The molecule has 0 bridgehead atoms. The van der Waals surface area contributed by atoms with Crippen LogP contribution in [0.4, 0.5) is 27.6 Å². The van der Waals surface area contributed by atoms with E-state index in [9.17, 15) is 32.3 Å². The lowest BCUT2D eigenvalue weighted by atomic mass is 9.62. The van der Waals surface area contributed by atoms with Crippen molar-refractivity contribution in [3.8, 4) is 0 Å². The van der Waals surface area contributed by atoms with E-state index in [4.69, 9.17) is 33.1 Å². The predicted molar refractivity (Wildman–Crippen MR) is 132 cm³/mol. The van der Waals surface area contributed by atoms with Gasteiger partial charge in [0.1, 0.15) is 17.3 Å². The zero-order valence-electron chi connectivity index (χ0n) is 20.6. The highest BCUT2D eigenvalue weighted by atomic mass is 35.5. The number of hydrogen-bond donors (Lipinski definition) is 4. The molecule has 0 aliphatic carbocycles. The van der Waals surface area contributed by atoms with Crippen molar-refractivity contribution < 1.29 is 46.5 Å². The highest BCUT2D eigenvalue weighted by Gasteiger charge is 2.66. The van der Waals surface area contributed by atoms with Gasteiger partial charge in [0.15, 0.2) is 5.82 Å². The van der Waals surface area contributed by atoms with Crippen LogP contribution in [0.3, 0.4) is 0 Å². The molecule has 39 heavy (non-hydrogen) atoms. The van der Waals surface area contributed by atoms with Crippen molar-refractivity contribution in [2.75, 3.05) is 5.32 Å². The molecular weight excluding hydrogens is 574 g/mol. The number of carboxylic acid groups (broad SMARTS) is 2. The minimum absolute atomic E-state index is 0.0211. The first kappa shape index (κ1) is 30.6. The standard InChI is InChI=1S/C23H22Cl2F2N2O3.C2HF3O2/c1-22(2,3)9-14-23(11-7-8-13(25)17(27)18(11)29-21(23)32)15(19(28-14)20(30)31)10-5-4-6-12(24)16(10)26;3-2(4,5)1(6)7/h4-8,14-15,19,28H,9H2,1-3H3,(H,29,32)(H,30,31);(H,6,7)/t14-,15+,19+,23?;/m0./s1. The number of nitrogens with one attached hydrogen (secondary N) is 2. The summed E-state index contributed by atoms with van der Waals surface area (Å²) in [6, 6.07) is 5.06. The number of halogens is 7. The normalized spacial score (nSPS) is 24.2. The number of anilines is 1. The van der Waals surface area contributed by atoms with Crippen LogP contribution in [0, 0.1) is 17.0 Å². The van der Waals surface area contributed by atoms with E-state index in [0.717, 1.165) is 0 Å². The maximum atomic E-state index is 15.3. The largest absolute Gasteiger partial charge is 0.490 e. The summed E-state index contributed by atoms with van der Waals surface area (Å²) < 4.78 is 61.9. The van der Waals surface area contributed by atoms with Gasteiger partial charge in [-0.2, -0.15) is 13.2 Å². The molecule has 1 amide bonds. The molecule has 14 heteroatoms. The van der Waals surface area contributed by atoms with E-state index in [1.54, 1.807) is 0 Å². The van der Waals surface area contributed by atoms with Crippen LogP contribution in [0.2, 0.25) is 10.0 Å². The number of carbonyl (C=O) groups is 3. The minimum atomic E-state index is -5.08. The Morgan fingerprint density at radius 3 is 2.08 bits per heavy atom. The molecular formula is C25H23Cl2F5N2O5. The van der Waals surface area contributed by atoms with Crippen molar-refractivity contribution in [1.82, 2.24) is 5.32 Å². The molecule has 4 N–H and O–H groups in total. The van der Waals surface area contributed by atoms with Crippen LogP contribution in [-0.4, -0.2) is 46.3 Å². The summed E-state index contributed by atoms with van der Waals surface area (Å²) in [5, 5.41) is 22.4. The number of benzene rings is 2. The number of aliphatic carboxylic acids is 2. The van der Waals surface area contributed by atoms with Crippen LogP contribution in [-0.2, 0) is 19.8 Å². The lowest BCUT2D eigenvalue weighted by Crippen LogP contribution is -2.49. The predicted octanol–water partition coefficient (Wildman–Crippen LogP) is 5.74. The van der Waals surface area contributed by atoms with Crippen LogP contribution < -0.4 is 10.6 Å². The molecule has 1 spiro atoms. The number of carboxylic acids is 2. The van der Waals surface area contributed by atoms with Gasteiger partial charge in [-0.1, -0.05) is 62.2 Å². The van der Waals surface area contributed by atoms with Crippen molar-refractivity contribution in [2.45, 2.75) is 56.8 Å². The van der Waals surface area contributed by atoms with Crippen LogP contribution in [0.5, 0.6) is 0 Å². The van der Waals surface area contributed by atoms with Gasteiger partial charge in [0.2, 0.25) is 5.91 Å². The Morgan fingerprint density at radius 2 is 1.56 bits per heavy atom. The number of rotatable bonds is 3. The number of hydrogen-bond acceptors (Lipinski definition) is 4. The molecule has 0 radical (unpaired) electrons. The van der Waals surface area contributed by atoms with Crippen LogP contribution in [0.1, 0.15) is 44.2 Å². The van der Waals surface area contributed by atoms with E-state index in [-0.39, 0.29) is 32.3 Å². The second kappa shape index (κ2) is 10.5. The van der Waals surface area contributed by atoms with Gasteiger partial charge < -0.3 is 15.5 Å². The molecule has 4 rings (SSSR count). The number of carbonyl (C=O) groups excluding carboxylic acids is 1. The molecule has 0 saturated carbocycles. The van der Waals surface area contributed by atoms with Gasteiger partial charge in [-0.25, -0.2) is 13.6 Å². The van der Waals surface area contributed by atoms with Crippen molar-refractivity contribution in [3.63, 3.8) is 0 Å². The molecule has 1 fully saturated rings. The van der Waals surface area contributed by atoms with Gasteiger partial charge >= 0.3 is 18.1 Å². The molecule has 1 unspecified atom stereocenters. The van der Waals surface area contributed by atoms with E-state index in [0.29, 0.717) is 6.42 Å². The van der Waals surface area contributed by atoms with Crippen LogP contribution >= 0.6 is 23.2 Å². The van der Waals surface area contributed by atoms with Crippen molar-refractivity contribution in [1.29, 1.82) is 0 Å². The molecule has 2 aromatic carbocycles. The summed E-state index contributed by atoms with van der Waals surface area (Å²) >= 11 is 12.0. The van der Waals surface area contributed by atoms with Crippen LogP contribution in [0.15, 0.2) is 30.3 Å². The Balaban J connectivity index is 0.000000532. The van der Waals surface area contributed by atoms with E-state index in [2.05, 4.69) is 10.6 Å². The molecule has 7 nitrogen and oxygen atoms in total. The molecule has 2 aromatic rings. The Bertz CT molecular complexity index is 1330. The highest BCUT2D eigenvalue weighted by molar-refractivity contribution is 6.31. The van der Waals surface area contributed by atoms with Crippen molar-refractivity contribution >= 4 is 46.7 Å². The van der Waals surface area contributed by atoms with Gasteiger partial charge in [0.05, 0.1) is 15.7 Å². The van der Waals surface area contributed by atoms with Gasteiger partial charge in [0.25, 0.3) is 0 Å². The molecule has 0 aromatic heterocycles. The van der Waals surface area contributed by atoms with E-state index >= 15 is 4.39 Å². The minimum Gasteiger partial charge on any atom is -0.480 e. The van der Waals surface area contributed by atoms with E-state index < -0.39 is 59.1 Å². The van der Waals surface area contributed by atoms with E-state index in [1.807, 2.05) is 20.8 Å². The Labute approximate surface area is 229 Å². The molecule has 2 aliphatic rings.